The number of rotatable bonds is 8. The number of aryl methyl sites for hydroxylation is 2. The van der Waals surface area contributed by atoms with Gasteiger partial charge in [-0.2, -0.15) is 0 Å². The molecule has 6 aromatic rings. The van der Waals surface area contributed by atoms with Crippen molar-refractivity contribution in [2.45, 2.75) is 44.7 Å². The summed E-state index contributed by atoms with van der Waals surface area (Å²) in [4.78, 5) is 38.5. The molecule has 2 N–H and O–H groups in total. The molecule has 2 atom stereocenters. The van der Waals surface area contributed by atoms with E-state index in [9.17, 15) is 22.8 Å². The maximum absolute atomic E-state index is 14.1. The Kier molecular flexibility index (Phi) is 7.35. The van der Waals surface area contributed by atoms with Crippen molar-refractivity contribution in [3.63, 3.8) is 0 Å². The van der Waals surface area contributed by atoms with Crippen molar-refractivity contribution in [3.8, 4) is 21.9 Å². The van der Waals surface area contributed by atoms with Gasteiger partial charge in [0.05, 0.1) is 39.3 Å². The number of aromatic amines is 1. The monoisotopic (exact) mass is 668 g/mol. The van der Waals surface area contributed by atoms with E-state index < -0.39 is 23.4 Å². The Labute approximate surface area is 275 Å². The van der Waals surface area contributed by atoms with Crippen LogP contribution in [0, 0.1) is 17.5 Å². The Morgan fingerprint density at radius 2 is 1.85 bits per heavy atom. The first-order valence-electron chi connectivity index (χ1n) is 15.5. The second-order valence-electron chi connectivity index (χ2n) is 12.0. The minimum absolute atomic E-state index is 0.0140. The fourth-order valence-corrected chi connectivity index (χ4v) is 7.88. The molecule has 0 bridgehead atoms. The van der Waals surface area contributed by atoms with E-state index in [1.54, 1.807) is 18.3 Å². The van der Waals surface area contributed by atoms with Gasteiger partial charge < -0.3 is 14.6 Å². The highest BCUT2D eigenvalue weighted by atomic mass is 32.1. The molecule has 2 aliphatic heterocycles. The fraction of sp³-hybridized carbons (Fsp3) is 0.229. The average molecular weight is 669 g/mol. The standard InChI is InChI=1S/C35H27F3N6O3S/c1-17(19-7-10-22(37)23(38)15-19)40-32-31-20(12-13-39-32)16-26(48-31)28-27(33-42-43-35(46)47-33)24(11-6-18-4-8-21(36)9-5-18)41-30-25-3-2-14-44(25)34(45)29(28)30/h4-5,7-10,12-13,15-17,25H,2-3,6,11,14H2,1H3,(H,39,40)(H,43,46)/t17-,25+/m1/s1. The molecular formula is C35H27F3N6O3S. The molecule has 0 unspecified atom stereocenters. The Balaban J connectivity index is 1.29. The van der Waals surface area contributed by atoms with Crippen LogP contribution in [-0.4, -0.2) is 37.5 Å². The summed E-state index contributed by atoms with van der Waals surface area (Å²) in [7, 11) is 0. The third-order valence-corrected chi connectivity index (χ3v) is 10.2. The number of thiophene rings is 1. The lowest BCUT2D eigenvalue weighted by Gasteiger charge is -2.16. The molecule has 4 aromatic heterocycles. The molecule has 1 amide bonds. The number of H-pyrrole nitrogens is 1. The van der Waals surface area contributed by atoms with Gasteiger partial charge in [0.15, 0.2) is 11.6 Å². The summed E-state index contributed by atoms with van der Waals surface area (Å²) in [6.45, 7) is 2.44. The molecule has 0 saturated carbocycles. The third kappa shape index (κ3) is 5.14. The van der Waals surface area contributed by atoms with E-state index in [2.05, 4.69) is 20.5 Å². The normalized spacial score (nSPS) is 16.0. The number of hydrogen-bond donors (Lipinski definition) is 2. The van der Waals surface area contributed by atoms with Crippen LogP contribution in [-0.2, 0) is 12.8 Å². The minimum atomic E-state index is -0.935. The SMILES string of the molecule is C[C@@H](Nc1nccc2cc(-c3c4c(nc(CCc5ccc(F)cc5)c3-c3n[nH]c(=O)o3)[C@@H]3CCCN3C4=O)sc12)c1ccc(F)c(F)c1. The van der Waals surface area contributed by atoms with E-state index in [4.69, 9.17) is 9.40 Å². The first-order chi connectivity index (χ1) is 23.2. The number of amides is 1. The summed E-state index contributed by atoms with van der Waals surface area (Å²) in [6.07, 6.45) is 4.23. The molecule has 2 aliphatic rings. The van der Waals surface area contributed by atoms with Crippen LogP contribution in [0.15, 0.2) is 70.0 Å². The number of fused-ring (bicyclic) bond motifs is 4. The topological polar surface area (TPSA) is 117 Å². The van der Waals surface area contributed by atoms with Gasteiger partial charge in [-0.3, -0.25) is 9.78 Å². The number of nitrogens with zero attached hydrogens (tertiary/aromatic N) is 4. The van der Waals surface area contributed by atoms with Crippen LogP contribution in [0.3, 0.4) is 0 Å². The van der Waals surface area contributed by atoms with Crippen molar-refractivity contribution in [3.05, 3.63) is 117 Å². The van der Waals surface area contributed by atoms with E-state index in [1.165, 1.54) is 29.5 Å². The lowest BCUT2D eigenvalue weighted by Crippen LogP contribution is -2.22. The number of benzene rings is 2. The first kappa shape index (κ1) is 30.1. The summed E-state index contributed by atoms with van der Waals surface area (Å²) in [5, 5.41) is 10.7. The van der Waals surface area contributed by atoms with Crippen LogP contribution in [0.1, 0.15) is 64.7 Å². The Hall–Kier alpha value is -5.30. The number of anilines is 1. The number of aromatic nitrogens is 4. The molecule has 0 aliphatic carbocycles. The second-order valence-corrected chi connectivity index (χ2v) is 13.1. The van der Waals surface area contributed by atoms with Crippen molar-refractivity contribution < 1.29 is 22.4 Å². The van der Waals surface area contributed by atoms with Crippen LogP contribution < -0.4 is 11.1 Å². The number of carbonyl (C=O) groups is 1. The van der Waals surface area contributed by atoms with Gasteiger partial charge in [0.1, 0.15) is 11.6 Å². The quantitative estimate of drug-likeness (QED) is 0.174. The van der Waals surface area contributed by atoms with E-state index in [-0.39, 0.29) is 23.7 Å². The number of nitrogens with one attached hydrogen (secondary N) is 2. The molecule has 0 spiro atoms. The van der Waals surface area contributed by atoms with Gasteiger partial charge in [0, 0.05) is 23.2 Å². The van der Waals surface area contributed by atoms with E-state index in [0.29, 0.717) is 58.8 Å². The number of halogens is 3. The summed E-state index contributed by atoms with van der Waals surface area (Å²) in [5.41, 5.74) is 4.19. The van der Waals surface area contributed by atoms with E-state index in [0.717, 1.165) is 45.5 Å². The van der Waals surface area contributed by atoms with Gasteiger partial charge in [-0.15, -0.1) is 16.4 Å². The summed E-state index contributed by atoms with van der Waals surface area (Å²) >= 11 is 1.40. The molecule has 1 fully saturated rings. The van der Waals surface area contributed by atoms with Crippen molar-refractivity contribution in [2.75, 3.05) is 11.9 Å². The Morgan fingerprint density at radius 1 is 1.02 bits per heavy atom. The predicted molar refractivity (Wildman–Crippen MR) is 174 cm³/mol. The number of carbonyl (C=O) groups excluding carboxylic acids is 1. The van der Waals surface area contributed by atoms with Crippen molar-refractivity contribution >= 4 is 33.1 Å². The molecule has 2 aromatic carbocycles. The van der Waals surface area contributed by atoms with Gasteiger partial charge in [0.2, 0.25) is 0 Å². The lowest BCUT2D eigenvalue weighted by molar-refractivity contribution is 0.0776. The third-order valence-electron chi connectivity index (χ3n) is 9.04. The van der Waals surface area contributed by atoms with E-state index >= 15 is 0 Å². The maximum Gasteiger partial charge on any atom is 0.434 e. The highest BCUT2D eigenvalue weighted by molar-refractivity contribution is 7.23. The van der Waals surface area contributed by atoms with Crippen LogP contribution in [0.4, 0.5) is 19.0 Å². The van der Waals surface area contributed by atoms with Crippen LogP contribution in [0.5, 0.6) is 0 Å². The zero-order chi connectivity index (χ0) is 33.1. The van der Waals surface area contributed by atoms with E-state index in [1.807, 2.05) is 24.0 Å². The predicted octanol–water partition coefficient (Wildman–Crippen LogP) is 7.37. The Morgan fingerprint density at radius 3 is 2.62 bits per heavy atom. The van der Waals surface area contributed by atoms with Gasteiger partial charge in [-0.1, -0.05) is 18.2 Å². The van der Waals surface area contributed by atoms with Gasteiger partial charge >= 0.3 is 5.76 Å². The highest BCUT2D eigenvalue weighted by Crippen LogP contribution is 2.50. The van der Waals surface area contributed by atoms with Crippen LogP contribution >= 0.6 is 11.3 Å². The highest BCUT2D eigenvalue weighted by Gasteiger charge is 2.44. The average Bonchev–Trinajstić information content (AvgIpc) is 3.88. The van der Waals surface area contributed by atoms with Gasteiger partial charge in [-0.25, -0.2) is 28.0 Å². The first-order valence-corrected chi connectivity index (χ1v) is 16.3. The molecular weight excluding hydrogens is 641 g/mol. The summed E-state index contributed by atoms with van der Waals surface area (Å²) < 4.78 is 47.6. The molecule has 48 heavy (non-hydrogen) atoms. The molecule has 9 nitrogen and oxygen atoms in total. The number of pyridine rings is 2. The molecule has 8 rings (SSSR count). The largest absolute Gasteiger partial charge is 0.434 e. The fourth-order valence-electron chi connectivity index (χ4n) is 6.72. The molecule has 0 radical (unpaired) electrons. The lowest BCUT2D eigenvalue weighted by atomic mass is 9.93. The van der Waals surface area contributed by atoms with Crippen molar-refractivity contribution in [1.29, 1.82) is 0 Å². The Bertz CT molecular complexity index is 2280. The molecule has 1 saturated heterocycles. The minimum Gasteiger partial charge on any atom is -0.388 e. The smallest absolute Gasteiger partial charge is 0.388 e. The molecule has 242 valence electrons. The summed E-state index contributed by atoms with van der Waals surface area (Å²) in [6, 6.07) is 13.3. The van der Waals surface area contributed by atoms with Crippen molar-refractivity contribution in [2.24, 2.45) is 0 Å². The molecule has 13 heteroatoms. The zero-order valence-corrected chi connectivity index (χ0v) is 26.3. The summed E-state index contributed by atoms with van der Waals surface area (Å²) in [5.74, 6) is -2.53. The van der Waals surface area contributed by atoms with Crippen LogP contribution in [0.2, 0.25) is 0 Å². The maximum atomic E-state index is 14.1. The van der Waals surface area contributed by atoms with Crippen molar-refractivity contribution in [1.82, 2.24) is 25.1 Å². The van der Waals surface area contributed by atoms with Gasteiger partial charge in [-0.05, 0) is 85.5 Å². The van der Waals surface area contributed by atoms with Gasteiger partial charge in [0.25, 0.3) is 11.8 Å². The second kappa shape index (κ2) is 11.7. The zero-order valence-electron chi connectivity index (χ0n) is 25.5. The molecule has 6 heterocycles. The number of hydrogen-bond acceptors (Lipinski definition) is 8. The van der Waals surface area contributed by atoms with Crippen LogP contribution in [0.25, 0.3) is 32.0 Å².